The summed E-state index contributed by atoms with van der Waals surface area (Å²) in [6.07, 6.45) is -0.176. The SMILES string of the molecule is CC(N)C(Oc1ccccc1)c1ccc(Cl)cc1. The fourth-order valence-corrected chi connectivity index (χ4v) is 1.90. The molecule has 0 aliphatic carbocycles. The van der Waals surface area contributed by atoms with Gasteiger partial charge in [-0.15, -0.1) is 0 Å². The van der Waals surface area contributed by atoms with E-state index in [-0.39, 0.29) is 12.1 Å². The van der Waals surface area contributed by atoms with Crippen molar-refractivity contribution in [2.24, 2.45) is 5.73 Å². The minimum Gasteiger partial charge on any atom is -0.484 e. The molecule has 0 aliphatic rings. The van der Waals surface area contributed by atoms with E-state index in [2.05, 4.69) is 0 Å². The van der Waals surface area contributed by atoms with Crippen molar-refractivity contribution in [2.45, 2.75) is 19.1 Å². The van der Waals surface area contributed by atoms with E-state index < -0.39 is 0 Å². The number of rotatable bonds is 4. The summed E-state index contributed by atoms with van der Waals surface area (Å²) in [5, 5.41) is 0.710. The van der Waals surface area contributed by atoms with Gasteiger partial charge >= 0.3 is 0 Å². The Morgan fingerprint density at radius 2 is 1.61 bits per heavy atom. The highest BCUT2D eigenvalue weighted by molar-refractivity contribution is 6.30. The predicted octanol–water partition coefficient (Wildman–Crippen LogP) is 3.81. The van der Waals surface area contributed by atoms with E-state index in [4.69, 9.17) is 22.1 Å². The van der Waals surface area contributed by atoms with Gasteiger partial charge in [-0.05, 0) is 36.8 Å². The second-order valence-electron chi connectivity index (χ2n) is 4.26. The molecule has 0 radical (unpaired) electrons. The van der Waals surface area contributed by atoms with Gasteiger partial charge in [-0.3, -0.25) is 0 Å². The Labute approximate surface area is 112 Å². The van der Waals surface area contributed by atoms with Crippen LogP contribution in [0.5, 0.6) is 5.75 Å². The molecule has 2 aromatic rings. The quantitative estimate of drug-likeness (QED) is 0.908. The molecule has 2 nitrogen and oxygen atoms in total. The molecular weight excluding hydrogens is 246 g/mol. The second kappa shape index (κ2) is 5.89. The molecule has 0 heterocycles. The molecule has 0 saturated carbocycles. The van der Waals surface area contributed by atoms with Crippen LogP contribution in [0, 0.1) is 0 Å². The number of ether oxygens (including phenoxy) is 1. The number of hydrogen-bond acceptors (Lipinski definition) is 2. The Morgan fingerprint density at radius 3 is 2.17 bits per heavy atom. The maximum atomic E-state index is 6.00. The topological polar surface area (TPSA) is 35.2 Å². The maximum Gasteiger partial charge on any atom is 0.138 e. The van der Waals surface area contributed by atoms with Crippen LogP contribution in [0.2, 0.25) is 5.02 Å². The summed E-state index contributed by atoms with van der Waals surface area (Å²) in [4.78, 5) is 0. The molecule has 2 unspecified atom stereocenters. The van der Waals surface area contributed by atoms with E-state index in [1.165, 1.54) is 0 Å². The van der Waals surface area contributed by atoms with Crippen molar-refractivity contribution in [3.05, 3.63) is 65.2 Å². The van der Waals surface area contributed by atoms with Gasteiger partial charge in [0.25, 0.3) is 0 Å². The summed E-state index contributed by atoms with van der Waals surface area (Å²) in [6.45, 7) is 1.93. The van der Waals surface area contributed by atoms with Crippen LogP contribution in [-0.4, -0.2) is 6.04 Å². The lowest BCUT2D eigenvalue weighted by Crippen LogP contribution is -2.29. The van der Waals surface area contributed by atoms with Gasteiger partial charge in [-0.2, -0.15) is 0 Å². The van der Waals surface area contributed by atoms with Crippen LogP contribution in [0.15, 0.2) is 54.6 Å². The Bertz CT molecular complexity index is 482. The van der Waals surface area contributed by atoms with Gasteiger partial charge in [-0.25, -0.2) is 0 Å². The molecule has 0 amide bonds. The summed E-state index contributed by atoms with van der Waals surface area (Å²) in [5.74, 6) is 0.815. The number of benzene rings is 2. The Balaban J connectivity index is 2.21. The van der Waals surface area contributed by atoms with E-state index >= 15 is 0 Å². The van der Waals surface area contributed by atoms with Crippen LogP contribution in [0.3, 0.4) is 0 Å². The number of para-hydroxylation sites is 1. The largest absolute Gasteiger partial charge is 0.484 e. The van der Waals surface area contributed by atoms with Crippen LogP contribution in [0.4, 0.5) is 0 Å². The summed E-state index contributed by atoms with van der Waals surface area (Å²) < 4.78 is 5.93. The summed E-state index contributed by atoms with van der Waals surface area (Å²) >= 11 is 5.88. The first-order valence-corrected chi connectivity index (χ1v) is 6.27. The van der Waals surface area contributed by atoms with E-state index in [9.17, 15) is 0 Å². The molecule has 2 atom stereocenters. The zero-order valence-corrected chi connectivity index (χ0v) is 11.0. The Hall–Kier alpha value is -1.51. The van der Waals surface area contributed by atoms with Crippen LogP contribution in [-0.2, 0) is 0 Å². The Kier molecular flexibility index (Phi) is 4.24. The standard InChI is InChI=1S/C15H16ClNO/c1-11(17)15(12-7-9-13(16)10-8-12)18-14-5-3-2-4-6-14/h2-11,15H,17H2,1H3. The van der Waals surface area contributed by atoms with Crippen molar-refractivity contribution in [2.75, 3.05) is 0 Å². The fourth-order valence-electron chi connectivity index (χ4n) is 1.78. The van der Waals surface area contributed by atoms with Crippen LogP contribution in [0.25, 0.3) is 0 Å². The minimum absolute atomic E-state index is 0.105. The van der Waals surface area contributed by atoms with E-state index in [1.54, 1.807) is 0 Å². The highest BCUT2D eigenvalue weighted by atomic mass is 35.5. The molecule has 2 N–H and O–H groups in total. The lowest BCUT2D eigenvalue weighted by Gasteiger charge is -2.23. The lowest BCUT2D eigenvalue weighted by atomic mass is 10.0. The molecular formula is C15H16ClNO. The lowest BCUT2D eigenvalue weighted by molar-refractivity contribution is 0.180. The van der Waals surface area contributed by atoms with Gasteiger partial charge in [0.1, 0.15) is 11.9 Å². The van der Waals surface area contributed by atoms with Gasteiger partial charge < -0.3 is 10.5 Å². The van der Waals surface area contributed by atoms with Crippen molar-refractivity contribution >= 4 is 11.6 Å². The third-order valence-corrected chi connectivity index (χ3v) is 2.93. The molecule has 0 spiro atoms. The molecule has 2 rings (SSSR count). The van der Waals surface area contributed by atoms with Crippen LogP contribution in [0.1, 0.15) is 18.6 Å². The normalized spacial score (nSPS) is 13.9. The first kappa shape index (κ1) is 12.9. The van der Waals surface area contributed by atoms with E-state index in [1.807, 2.05) is 61.5 Å². The van der Waals surface area contributed by atoms with Gasteiger partial charge in [0.2, 0.25) is 0 Å². The number of hydrogen-bond donors (Lipinski definition) is 1. The molecule has 94 valence electrons. The fraction of sp³-hybridized carbons (Fsp3) is 0.200. The molecule has 0 saturated heterocycles. The van der Waals surface area contributed by atoms with Crippen LogP contribution >= 0.6 is 11.6 Å². The monoisotopic (exact) mass is 261 g/mol. The highest BCUT2D eigenvalue weighted by Gasteiger charge is 2.17. The van der Waals surface area contributed by atoms with Gasteiger partial charge in [0.15, 0.2) is 0 Å². The molecule has 0 aliphatic heterocycles. The van der Waals surface area contributed by atoms with E-state index in [0.717, 1.165) is 11.3 Å². The van der Waals surface area contributed by atoms with Crippen molar-refractivity contribution in [1.82, 2.24) is 0 Å². The van der Waals surface area contributed by atoms with Crippen molar-refractivity contribution in [1.29, 1.82) is 0 Å². The van der Waals surface area contributed by atoms with Crippen molar-refractivity contribution < 1.29 is 4.74 Å². The first-order chi connectivity index (χ1) is 8.66. The first-order valence-electron chi connectivity index (χ1n) is 5.89. The maximum absolute atomic E-state index is 6.00. The molecule has 0 aromatic heterocycles. The minimum atomic E-state index is -0.176. The molecule has 18 heavy (non-hydrogen) atoms. The highest BCUT2D eigenvalue weighted by Crippen LogP contribution is 2.25. The third-order valence-electron chi connectivity index (χ3n) is 2.68. The van der Waals surface area contributed by atoms with Crippen molar-refractivity contribution in [3.63, 3.8) is 0 Å². The summed E-state index contributed by atoms with van der Waals surface area (Å²) in [5.41, 5.74) is 7.02. The zero-order valence-electron chi connectivity index (χ0n) is 10.2. The van der Waals surface area contributed by atoms with E-state index in [0.29, 0.717) is 5.02 Å². The number of halogens is 1. The average molecular weight is 262 g/mol. The smallest absolute Gasteiger partial charge is 0.138 e. The predicted molar refractivity (Wildman–Crippen MR) is 74.9 cm³/mol. The average Bonchev–Trinajstić information content (AvgIpc) is 2.38. The third kappa shape index (κ3) is 3.25. The number of nitrogens with two attached hydrogens (primary N) is 1. The van der Waals surface area contributed by atoms with Crippen molar-refractivity contribution in [3.8, 4) is 5.75 Å². The Morgan fingerprint density at radius 1 is 1.00 bits per heavy atom. The second-order valence-corrected chi connectivity index (χ2v) is 4.70. The molecule has 2 aromatic carbocycles. The van der Waals surface area contributed by atoms with Gasteiger partial charge in [0.05, 0.1) is 0 Å². The molecule has 0 fully saturated rings. The zero-order chi connectivity index (χ0) is 13.0. The summed E-state index contributed by atoms with van der Waals surface area (Å²) in [6, 6.07) is 17.2. The van der Waals surface area contributed by atoms with Gasteiger partial charge in [-0.1, -0.05) is 41.9 Å². The molecule has 0 bridgehead atoms. The van der Waals surface area contributed by atoms with Crippen LogP contribution < -0.4 is 10.5 Å². The molecule has 3 heteroatoms. The summed E-state index contributed by atoms with van der Waals surface area (Å²) in [7, 11) is 0. The van der Waals surface area contributed by atoms with Gasteiger partial charge in [0, 0.05) is 11.1 Å².